The number of piperidine rings is 1. The topological polar surface area (TPSA) is 107 Å². The first kappa shape index (κ1) is 26.5. The molecule has 2 heterocycles. The molecular weight excluding hydrogens is 575 g/mol. The van der Waals surface area contributed by atoms with Gasteiger partial charge in [0.05, 0.1) is 21.4 Å². The van der Waals surface area contributed by atoms with Crippen LogP contribution in [0.5, 0.6) is 0 Å². The molecule has 0 amide bonds. The third kappa shape index (κ3) is 4.71. The first-order valence-corrected chi connectivity index (χ1v) is 16.8. The van der Waals surface area contributed by atoms with Crippen molar-refractivity contribution in [2.45, 2.75) is 80.7 Å². The minimum atomic E-state index is -4.05. The molecule has 0 aromatic heterocycles. The van der Waals surface area contributed by atoms with Crippen molar-refractivity contribution >= 4 is 52.4 Å². The van der Waals surface area contributed by atoms with E-state index >= 15 is 0 Å². The third-order valence-electron chi connectivity index (χ3n) is 7.01. The van der Waals surface area contributed by atoms with Gasteiger partial charge in [-0.05, 0) is 47.5 Å². The molecule has 11 heteroatoms. The maximum Gasteiger partial charge on any atom is 0.269 e. The Morgan fingerprint density at radius 2 is 1.88 bits per heavy atom. The molecular formula is C22H31IN2O6SSi. The predicted octanol–water partition coefficient (Wildman–Crippen LogP) is 4.84. The van der Waals surface area contributed by atoms with Crippen molar-refractivity contribution in [1.82, 2.24) is 4.31 Å². The van der Waals surface area contributed by atoms with Crippen LogP contribution in [0.1, 0.15) is 40.0 Å². The molecule has 1 saturated heterocycles. The SMILES string of the molecule is CC(C)(C)[Si](C)(C)O[C@@H]1C(=O)C[C@@H]2C=C[C@@]1(CCCI)N2S(=O)(=O)c1ccc([N+](=O)[O-])cc1. The van der Waals surface area contributed by atoms with Gasteiger partial charge < -0.3 is 4.43 Å². The summed E-state index contributed by atoms with van der Waals surface area (Å²) in [7, 11) is -6.45. The van der Waals surface area contributed by atoms with Crippen molar-refractivity contribution in [1.29, 1.82) is 0 Å². The van der Waals surface area contributed by atoms with Crippen molar-refractivity contribution in [2.24, 2.45) is 0 Å². The summed E-state index contributed by atoms with van der Waals surface area (Å²) in [6.07, 6.45) is 4.01. The summed E-state index contributed by atoms with van der Waals surface area (Å²) in [6, 6.07) is 4.32. The van der Waals surface area contributed by atoms with E-state index in [0.717, 1.165) is 4.43 Å². The Morgan fingerprint density at radius 3 is 2.39 bits per heavy atom. The average molecular weight is 607 g/mol. The summed E-state index contributed by atoms with van der Waals surface area (Å²) in [5.41, 5.74) is -1.29. The molecule has 8 nitrogen and oxygen atoms in total. The Morgan fingerprint density at radius 1 is 1.27 bits per heavy atom. The number of nitro benzene ring substituents is 1. The fraction of sp³-hybridized carbons (Fsp3) is 0.591. The van der Waals surface area contributed by atoms with Gasteiger partial charge in [0.15, 0.2) is 14.1 Å². The second-order valence-electron chi connectivity index (χ2n) is 10.2. The number of nitrogens with zero attached hydrogens (tertiary/aromatic N) is 2. The van der Waals surface area contributed by atoms with E-state index in [1.807, 2.05) is 12.2 Å². The standard InChI is InChI=1S/C22H31IN2O6SSi/c1-21(2,3)33(4,5)31-20-19(26)15-17-11-13-22(20,12-6-14-23)24(17)32(29,30)18-9-7-16(8-10-18)25(27)28/h7-11,13,17,20H,6,12,14-15H2,1-5H3/t17-,20+,22+/m0/s1. The number of nitro groups is 1. The number of sulfonamides is 1. The number of Topliss-reactive ketones (excluding diaryl/α,β-unsaturated/α-hetero) is 1. The number of halogens is 1. The largest absolute Gasteiger partial charge is 0.405 e. The number of alkyl halides is 1. The average Bonchev–Trinajstić information content (AvgIpc) is 3.03. The molecule has 0 aliphatic carbocycles. The van der Waals surface area contributed by atoms with Gasteiger partial charge >= 0.3 is 0 Å². The number of rotatable bonds is 8. The molecule has 2 aliphatic heterocycles. The van der Waals surface area contributed by atoms with E-state index in [9.17, 15) is 23.3 Å². The number of fused-ring (bicyclic) bond motifs is 2. The predicted molar refractivity (Wildman–Crippen MR) is 138 cm³/mol. The zero-order valence-electron chi connectivity index (χ0n) is 19.6. The summed E-state index contributed by atoms with van der Waals surface area (Å²) in [5.74, 6) is -0.0709. The number of ketones is 1. The number of carbonyl (C=O) groups excluding carboxylic acids is 1. The van der Waals surface area contributed by atoms with Gasteiger partial charge in [0.25, 0.3) is 5.69 Å². The smallest absolute Gasteiger partial charge is 0.269 e. The van der Waals surface area contributed by atoms with Gasteiger partial charge in [0.1, 0.15) is 6.10 Å². The van der Waals surface area contributed by atoms with E-state index in [4.69, 9.17) is 4.43 Å². The Hall–Kier alpha value is -1.15. The van der Waals surface area contributed by atoms with Gasteiger partial charge in [-0.3, -0.25) is 14.9 Å². The summed E-state index contributed by atoms with van der Waals surface area (Å²) in [6.45, 7) is 10.4. The Bertz CT molecular complexity index is 1070. The van der Waals surface area contributed by atoms with Crippen LogP contribution in [0.3, 0.4) is 0 Å². The number of carbonyl (C=O) groups is 1. The fourth-order valence-electron chi connectivity index (χ4n) is 4.25. The second-order valence-corrected chi connectivity index (χ2v) is 17.8. The first-order valence-electron chi connectivity index (χ1n) is 10.9. The Balaban J connectivity index is 2.11. The lowest BCUT2D eigenvalue weighted by molar-refractivity contribution is -0.384. The summed E-state index contributed by atoms with van der Waals surface area (Å²) in [4.78, 5) is 23.8. The van der Waals surface area contributed by atoms with Crippen molar-refractivity contribution < 1.29 is 22.6 Å². The zero-order valence-corrected chi connectivity index (χ0v) is 23.6. The summed E-state index contributed by atoms with van der Waals surface area (Å²) in [5, 5.41) is 10.9. The molecule has 182 valence electrons. The van der Waals surface area contributed by atoms with E-state index in [1.165, 1.54) is 28.6 Å². The highest BCUT2D eigenvalue weighted by Crippen LogP contribution is 2.48. The van der Waals surface area contributed by atoms with Gasteiger partial charge in [-0.1, -0.05) is 55.5 Å². The van der Waals surface area contributed by atoms with Crippen LogP contribution in [0.25, 0.3) is 0 Å². The van der Waals surface area contributed by atoms with Gasteiger partial charge in [-0.2, -0.15) is 4.31 Å². The van der Waals surface area contributed by atoms with E-state index < -0.39 is 40.9 Å². The maximum absolute atomic E-state index is 13.9. The molecule has 2 aliphatic rings. The molecule has 0 spiro atoms. The van der Waals surface area contributed by atoms with E-state index in [0.29, 0.717) is 12.8 Å². The van der Waals surface area contributed by atoms with Crippen LogP contribution >= 0.6 is 22.6 Å². The first-order chi connectivity index (χ1) is 15.2. The maximum atomic E-state index is 13.9. The molecule has 33 heavy (non-hydrogen) atoms. The summed E-state index contributed by atoms with van der Waals surface area (Å²) < 4.78 is 36.6. The quantitative estimate of drug-likeness (QED) is 0.105. The Kier molecular flexibility index (Phi) is 7.32. The van der Waals surface area contributed by atoms with E-state index in [1.54, 1.807) is 0 Å². The van der Waals surface area contributed by atoms with E-state index in [2.05, 4.69) is 56.5 Å². The molecule has 1 fully saturated rings. The van der Waals surface area contributed by atoms with Crippen molar-refractivity contribution in [3.05, 3.63) is 46.5 Å². The third-order valence-corrected chi connectivity index (χ3v) is 14.2. The van der Waals surface area contributed by atoms with Crippen molar-refractivity contribution in [3.63, 3.8) is 0 Å². The van der Waals surface area contributed by atoms with Crippen LogP contribution < -0.4 is 0 Å². The monoisotopic (exact) mass is 606 g/mol. The lowest BCUT2D eigenvalue weighted by Gasteiger charge is -2.51. The fourth-order valence-corrected chi connectivity index (χ4v) is 7.82. The molecule has 0 unspecified atom stereocenters. The van der Waals surface area contributed by atoms with Gasteiger partial charge in [0.2, 0.25) is 10.0 Å². The number of benzene rings is 1. The minimum absolute atomic E-state index is 0.0268. The molecule has 0 saturated carbocycles. The number of hydrogen-bond donors (Lipinski definition) is 0. The minimum Gasteiger partial charge on any atom is -0.405 e. The molecule has 2 bridgehead atoms. The zero-order chi connectivity index (χ0) is 24.8. The highest BCUT2D eigenvalue weighted by molar-refractivity contribution is 14.1. The lowest BCUT2D eigenvalue weighted by atomic mass is 9.83. The van der Waals surface area contributed by atoms with Gasteiger partial charge in [-0.15, -0.1) is 0 Å². The van der Waals surface area contributed by atoms with Crippen LogP contribution in [0.15, 0.2) is 41.3 Å². The number of hydrogen-bond acceptors (Lipinski definition) is 6. The molecule has 3 rings (SSSR count). The number of non-ortho nitro benzene ring substituents is 1. The molecule has 3 atom stereocenters. The van der Waals surface area contributed by atoms with Crippen molar-refractivity contribution in [2.75, 3.05) is 4.43 Å². The highest BCUT2D eigenvalue weighted by atomic mass is 127. The second kappa shape index (κ2) is 9.13. The highest BCUT2D eigenvalue weighted by Gasteiger charge is 2.61. The molecule has 1 aromatic rings. The molecule has 0 radical (unpaired) electrons. The van der Waals surface area contributed by atoms with Crippen LogP contribution in [0.2, 0.25) is 18.1 Å². The summed E-state index contributed by atoms with van der Waals surface area (Å²) >= 11 is 2.25. The van der Waals surface area contributed by atoms with E-state index in [-0.39, 0.29) is 27.8 Å². The van der Waals surface area contributed by atoms with Crippen LogP contribution in [0.4, 0.5) is 5.69 Å². The lowest BCUT2D eigenvalue weighted by Crippen LogP contribution is -2.67. The van der Waals surface area contributed by atoms with Gasteiger partial charge in [-0.25, -0.2) is 8.42 Å². The van der Waals surface area contributed by atoms with Crippen LogP contribution in [0, 0.1) is 10.1 Å². The normalized spacial score (nSPS) is 26.1. The van der Waals surface area contributed by atoms with Crippen LogP contribution in [-0.2, 0) is 19.2 Å². The van der Waals surface area contributed by atoms with Crippen molar-refractivity contribution in [3.8, 4) is 0 Å². The Labute approximate surface area is 210 Å². The van der Waals surface area contributed by atoms with Gasteiger partial charge in [0, 0.05) is 18.6 Å². The molecule has 1 aromatic carbocycles. The molecule has 0 N–H and O–H groups in total. The van der Waals surface area contributed by atoms with Crippen LogP contribution in [-0.4, -0.2) is 53.9 Å².